The van der Waals surface area contributed by atoms with Crippen LogP contribution >= 0.6 is 0 Å². The number of hydrogen-bond donors (Lipinski definition) is 2. The summed E-state index contributed by atoms with van der Waals surface area (Å²) in [4.78, 5) is 11.1. The number of benzene rings is 1. The van der Waals surface area contributed by atoms with E-state index >= 15 is 0 Å². The molecule has 1 amide bonds. The van der Waals surface area contributed by atoms with Crippen LogP contribution in [0.1, 0.15) is 18.9 Å². The molecule has 0 bridgehead atoms. The molecule has 0 aromatic heterocycles. The largest absolute Gasteiger partial charge is 0.291 e. The molecule has 4 heteroatoms. The van der Waals surface area contributed by atoms with Gasteiger partial charge in [-0.2, -0.15) is 0 Å². The summed E-state index contributed by atoms with van der Waals surface area (Å²) in [5, 5.41) is 0. The van der Waals surface area contributed by atoms with Crippen molar-refractivity contribution in [2.24, 2.45) is 5.92 Å². The van der Waals surface area contributed by atoms with Gasteiger partial charge in [0.05, 0.1) is 0 Å². The minimum absolute atomic E-state index is 0.00644. The van der Waals surface area contributed by atoms with E-state index in [0.29, 0.717) is 12.0 Å². The van der Waals surface area contributed by atoms with E-state index in [2.05, 4.69) is 10.9 Å². The highest BCUT2D eigenvalue weighted by atomic mass is 19.1. The van der Waals surface area contributed by atoms with E-state index in [4.69, 9.17) is 0 Å². The first-order chi connectivity index (χ1) is 8.16. The molecule has 1 aromatic carbocycles. The average Bonchev–Trinajstić information content (AvgIpc) is 2.30. The normalized spacial score (nSPS) is 24.9. The molecule has 1 saturated heterocycles. The lowest BCUT2D eigenvalue weighted by Gasteiger charge is -2.27. The predicted octanol–water partition coefficient (Wildman–Crippen LogP) is 1.87. The lowest BCUT2D eigenvalue weighted by Crippen LogP contribution is -2.52. The Balaban J connectivity index is 2.06. The maximum Gasteiger partial charge on any atom is 0.234 e. The molecule has 1 fully saturated rings. The van der Waals surface area contributed by atoms with Crippen molar-refractivity contribution in [2.75, 3.05) is 0 Å². The lowest BCUT2D eigenvalue weighted by atomic mass is 9.96. The van der Waals surface area contributed by atoms with Gasteiger partial charge in [-0.05, 0) is 12.0 Å². The maximum absolute atomic E-state index is 13.4. The molecule has 1 aliphatic rings. The predicted molar refractivity (Wildman–Crippen MR) is 64.3 cm³/mol. The number of carbonyl (C=O) groups excluding carboxylic acids is 1. The first-order valence-electron chi connectivity index (χ1n) is 5.64. The fourth-order valence-corrected chi connectivity index (χ4v) is 1.83. The number of rotatable bonds is 2. The third kappa shape index (κ3) is 2.91. The van der Waals surface area contributed by atoms with Crippen molar-refractivity contribution in [2.45, 2.75) is 19.4 Å². The number of carbonyl (C=O) groups is 1. The molecule has 0 spiro atoms. The van der Waals surface area contributed by atoms with Crippen LogP contribution in [0.15, 0.2) is 30.3 Å². The van der Waals surface area contributed by atoms with Gasteiger partial charge in [0.25, 0.3) is 0 Å². The molecule has 1 aliphatic heterocycles. The van der Waals surface area contributed by atoms with E-state index in [0.717, 1.165) is 0 Å². The summed E-state index contributed by atoms with van der Waals surface area (Å²) >= 11 is 0. The van der Waals surface area contributed by atoms with E-state index in [9.17, 15) is 9.18 Å². The molecule has 1 heterocycles. The number of hydrazine groups is 1. The van der Waals surface area contributed by atoms with Crippen molar-refractivity contribution in [3.63, 3.8) is 0 Å². The fraction of sp³-hybridized carbons (Fsp3) is 0.308. The van der Waals surface area contributed by atoms with Gasteiger partial charge in [0.2, 0.25) is 5.91 Å². The van der Waals surface area contributed by atoms with E-state index in [1.807, 2.05) is 13.0 Å². The van der Waals surface area contributed by atoms with Crippen LogP contribution < -0.4 is 10.9 Å². The van der Waals surface area contributed by atoms with Crippen LogP contribution in [0, 0.1) is 11.7 Å². The molecular formula is C13H15FN2O. The van der Waals surface area contributed by atoms with Crippen LogP contribution in [-0.2, 0) is 4.79 Å². The smallest absolute Gasteiger partial charge is 0.234 e. The Hall–Kier alpha value is -1.68. The molecule has 2 unspecified atom stereocenters. The molecule has 2 rings (SSSR count). The van der Waals surface area contributed by atoms with Crippen LogP contribution in [0.3, 0.4) is 0 Å². The quantitative estimate of drug-likeness (QED) is 0.820. The molecule has 0 aliphatic carbocycles. The molecule has 90 valence electrons. The standard InChI is InChI=1S/C13H15FN2O/c1-9-8-13(17)16-15-12(9)7-6-10-4-2-3-5-11(10)14/h2-7,9,12,15H,8H2,1H3,(H,16,17)/b7-6+. The number of amides is 1. The van der Waals surface area contributed by atoms with E-state index < -0.39 is 0 Å². The molecule has 3 nitrogen and oxygen atoms in total. The van der Waals surface area contributed by atoms with E-state index in [1.165, 1.54) is 6.07 Å². The van der Waals surface area contributed by atoms with Crippen LogP contribution in [0.2, 0.25) is 0 Å². The van der Waals surface area contributed by atoms with Gasteiger partial charge in [-0.3, -0.25) is 10.2 Å². The zero-order valence-electron chi connectivity index (χ0n) is 9.61. The molecule has 0 radical (unpaired) electrons. The Morgan fingerprint density at radius 2 is 2.18 bits per heavy atom. The topological polar surface area (TPSA) is 41.1 Å². The third-order valence-corrected chi connectivity index (χ3v) is 2.89. The Labute approximate surface area is 99.7 Å². The lowest BCUT2D eigenvalue weighted by molar-refractivity contribution is -0.125. The van der Waals surface area contributed by atoms with Crippen molar-refractivity contribution >= 4 is 12.0 Å². The Morgan fingerprint density at radius 3 is 2.88 bits per heavy atom. The summed E-state index contributed by atoms with van der Waals surface area (Å²) in [5.74, 6) is -0.0453. The van der Waals surface area contributed by atoms with Crippen molar-refractivity contribution in [3.05, 3.63) is 41.7 Å². The summed E-state index contributed by atoms with van der Waals surface area (Å²) in [6.45, 7) is 1.99. The molecule has 0 saturated carbocycles. The minimum atomic E-state index is -0.240. The zero-order chi connectivity index (χ0) is 12.3. The summed E-state index contributed by atoms with van der Waals surface area (Å²) < 4.78 is 13.4. The maximum atomic E-state index is 13.4. The zero-order valence-corrected chi connectivity index (χ0v) is 9.61. The van der Waals surface area contributed by atoms with Gasteiger partial charge in [-0.15, -0.1) is 0 Å². The van der Waals surface area contributed by atoms with Gasteiger partial charge < -0.3 is 0 Å². The molecule has 1 aromatic rings. The van der Waals surface area contributed by atoms with Crippen molar-refractivity contribution in [3.8, 4) is 0 Å². The second-order valence-electron chi connectivity index (χ2n) is 4.28. The SMILES string of the molecule is CC1CC(=O)NNC1/C=C/c1ccccc1F. The van der Waals surface area contributed by atoms with E-state index in [-0.39, 0.29) is 23.7 Å². The van der Waals surface area contributed by atoms with Crippen LogP contribution in [0.4, 0.5) is 4.39 Å². The molecular weight excluding hydrogens is 219 g/mol. The third-order valence-electron chi connectivity index (χ3n) is 2.89. The first kappa shape index (κ1) is 11.8. The van der Waals surface area contributed by atoms with Crippen molar-refractivity contribution in [1.29, 1.82) is 0 Å². The van der Waals surface area contributed by atoms with Crippen LogP contribution in [0.25, 0.3) is 6.08 Å². The van der Waals surface area contributed by atoms with Gasteiger partial charge >= 0.3 is 0 Å². The summed E-state index contributed by atoms with van der Waals surface area (Å²) in [7, 11) is 0. The monoisotopic (exact) mass is 234 g/mol. The van der Waals surface area contributed by atoms with Crippen molar-refractivity contribution in [1.82, 2.24) is 10.9 Å². The second-order valence-corrected chi connectivity index (χ2v) is 4.28. The Bertz CT molecular complexity index is 445. The van der Waals surface area contributed by atoms with Gasteiger partial charge in [0.1, 0.15) is 5.82 Å². The number of nitrogens with one attached hydrogen (secondary N) is 2. The van der Waals surface area contributed by atoms with Gasteiger partial charge in [0, 0.05) is 18.0 Å². The summed E-state index contributed by atoms with van der Waals surface area (Å²) in [5.41, 5.74) is 6.03. The van der Waals surface area contributed by atoms with Gasteiger partial charge in [-0.1, -0.05) is 37.3 Å². The van der Waals surface area contributed by atoms with Gasteiger partial charge in [-0.25, -0.2) is 9.82 Å². The molecule has 17 heavy (non-hydrogen) atoms. The second kappa shape index (κ2) is 5.10. The molecule has 2 atom stereocenters. The number of halogens is 1. The Kier molecular flexibility index (Phi) is 3.54. The molecule has 2 N–H and O–H groups in total. The first-order valence-corrected chi connectivity index (χ1v) is 5.64. The van der Waals surface area contributed by atoms with Gasteiger partial charge in [0.15, 0.2) is 0 Å². The van der Waals surface area contributed by atoms with Crippen LogP contribution in [0.5, 0.6) is 0 Å². The average molecular weight is 234 g/mol. The minimum Gasteiger partial charge on any atom is -0.291 e. The van der Waals surface area contributed by atoms with Crippen molar-refractivity contribution < 1.29 is 9.18 Å². The highest BCUT2D eigenvalue weighted by Gasteiger charge is 2.22. The summed E-state index contributed by atoms with van der Waals surface area (Å²) in [6, 6.07) is 6.64. The highest BCUT2D eigenvalue weighted by Crippen LogP contribution is 2.15. The number of hydrogen-bond acceptors (Lipinski definition) is 2. The van der Waals surface area contributed by atoms with Crippen LogP contribution in [-0.4, -0.2) is 11.9 Å². The fourth-order valence-electron chi connectivity index (χ4n) is 1.83. The highest BCUT2D eigenvalue weighted by molar-refractivity contribution is 5.76. The Morgan fingerprint density at radius 1 is 1.41 bits per heavy atom. The summed E-state index contributed by atoms with van der Waals surface area (Å²) in [6.07, 6.45) is 4.10. The van der Waals surface area contributed by atoms with E-state index in [1.54, 1.807) is 24.3 Å².